The lowest BCUT2D eigenvalue weighted by atomic mass is 10.1. The number of hydrogen-bond donors (Lipinski definition) is 1. The Balaban J connectivity index is 2.14. The number of aromatic nitrogens is 1. The highest BCUT2D eigenvalue weighted by molar-refractivity contribution is 6.29. The fraction of sp³-hybridized carbons (Fsp3) is 0.632. The van der Waals surface area contributed by atoms with Gasteiger partial charge in [0.2, 0.25) is 0 Å². The highest BCUT2D eigenvalue weighted by atomic mass is 35.5. The Kier molecular flexibility index (Phi) is 7.30. The van der Waals surface area contributed by atoms with Crippen LogP contribution in [-0.4, -0.2) is 53.3 Å². The molecule has 0 radical (unpaired) electrons. The predicted molar refractivity (Wildman–Crippen MR) is 104 cm³/mol. The Bertz CT molecular complexity index is 675. The zero-order valence-electron chi connectivity index (χ0n) is 16.4. The molecule has 150 valence electrons. The normalized spacial score (nSPS) is 17.8. The summed E-state index contributed by atoms with van der Waals surface area (Å²) in [7, 11) is 0. The van der Waals surface area contributed by atoms with Crippen molar-refractivity contribution in [2.45, 2.75) is 58.6 Å². The lowest BCUT2D eigenvalue weighted by Crippen LogP contribution is -2.42. The summed E-state index contributed by atoms with van der Waals surface area (Å²) in [6.07, 6.45) is 3.81. The van der Waals surface area contributed by atoms with Crippen molar-refractivity contribution in [2.24, 2.45) is 0 Å². The maximum absolute atomic E-state index is 12.4. The average Bonchev–Trinajstić information content (AvgIpc) is 2.79. The van der Waals surface area contributed by atoms with E-state index >= 15 is 0 Å². The number of pyridine rings is 1. The monoisotopic (exact) mass is 397 g/mol. The molecule has 7 nitrogen and oxygen atoms in total. The van der Waals surface area contributed by atoms with E-state index < -0.39 is 11.6 Å². The molecule has 1 saturated heterocycles. The molecule has 0 unspecified atom stereocenters. The molecule has 0 saturated carbocycles. The van der Waals surface area contributed by atoms with Gasteiger partial charge in [-0.05, 0) is 53.0 Å². The van der Waals surface area contributed by atoms with Crippen LogP contribution in [0.15, 0.2) is 12.3 Å². The van der Waals surface area contributed by atoms with Crippen molar-refractivity contribution in [1.82, 2.24) is 9.88 Å². The second-order valence-electron chi connectivity index (χ2n) is 7.54. The smallest absolute Gasteiger partial charge is 0.410 e. The second kappa shape index (κ2) is 9.26. The molecule has 0 aliphatic carbocycles. The van der Waals surface area contributed by atoms with Gasteiger partial charge in [-0.25, -0.2) is 14.6 Å². The summed E-state index contributed by atoms with van der Waals surface area (Å²) in [4.78, 5) is 30.3. The first-order chi connectivity index (χ1) is 12.7. The third-order valence-electron chi connectivity index (χ3n) is 4.05. The molecule has 1 aliphatic heterocycles. The molecule has 0 bridgehead atoms. The Hall–Kier alpha value is -2.02. The van der Waals surface area contributed by atoms with Gasteiger partial charge in [0.25, 0.3) is 0 Å². The number of rotatable bonds is 4. The van der Waals surface area contributed by atoms with Crippen LogP contribution in [0.25, 0.3) is 0 Å². The highest BCUT2D eigenvalue weighted by Gasteiger charge is 2.27. The number of carbonyl (C=O) groups excluding carboxylic acids is 2. The topological polar surface area (TPSA) is 80.8 Å². The number of anilines is 1. The third kappa shape index (κ3) is 6.57. The van der Waals surface area contributed by atoms with Crippen molar-refractivity contribution in [2.75, 3.05) is 25.0 Å². The van der Waals surface area contributed by atoms with Gasteiger partial charge >= 0.3 is 12.1 Å². The Labute approximate surface area is 165 Å². The quantitative estimate of drug-likeness (QED) is 0.608. The van der Waals surface area contributed by atoms with Gasteiger partial charge in [0, 0.05) is 25.3 Å². The molecule has 2 heterocycles. The van der Waals surface area contributed by atoms with E-state index in [1.165, 1.54) is 6.20 Å². The summed E-state index contributed by atoms with van der Waals surface area (Å²) >= 11 is 6.01. The Morgan fingerprint density at radius 2 is 2.11 bits per heavy atom. The van der Waals surface area contributed by atoms with Gasteiger partial charge in [0.05, 0.1) is 12.3 Å². The fourth-order valence-electron chi connectivity index (χ4n) is 2.89. The molecule has 0 spiro atoms. The molecule has 2 rings (SSSR count). The van der Waals surface area contributed by atoms with E-state index in [0.717, 1.165) is 19.3 Å². The minimum Gasteiger partial charge on any atom is -0.462 e. The number of carbonyl (C=O) groups is 2. The summed E-state index contributed by atoms with van der Waals surface area (Å²) in [6, 6.07) is 1.57. The molecule has 27 heavy (non-hydrogen) atoms. The van der Waals surface area contributed by atoms with Gasteiger partial charge in [-0.2, -0.15) is 0 Å². The first kappa shape index (κ1) is 21.3. The lowest BCUT2D eigenvalue weighted by molar-refractivity contribution is 0.0252. The number of hydrogen-bond acceptors (Lipinski definition) is 6. The van der Waals surface area contributed by atoms with Crippen LogP contribution in [0, 0.1) is 0 Å². The van der Waals surface area contributed by atoms with Crippen molar-refractivity contribution in [3.63, 3.8) is 0 Å². The van der Waals surface area contributed by atoms with Crippen LogP contribution in [0.1, 0.15) is 57.3 Å². The van der Waals surface area contributed by atoms with E-state index in [0.29, 0.717) is 24.3 Å². The summed E-state index contributed by atoms with van der Waals surface area (Å²) < 4.78 is 10.6. The average molecular weight is 398 g/mol. The standard InChI is InChI=1S/C19H28ClN3O4/c1-5-26-17(24)14-11-21-16(20)10-15(14)22-13-8-6-7-9-23(12-13)18(25)27-19(2,3)4/h10-11,13H,5-9,12H2,1-4H3,(H,21,22)/t13-/m1/s1. The van der Waals surface area contributed by atoms with Crippen molar-refractivity contribution in [3.8, 4) is 0 Å². The van der Waals surface area contributed by atoms with Crippen LogP contribution in [0.3, 0.4) is 0 Å². The van der Waals surface area contributed by atoms with Crippen molar-refractivity contribution < 1.29 is 19.1 Å². The lowest BCUT2D eigenvalue weighted by Gasteiger charge is -2.29. The van der Waals surface area contributed by atoms with Crippen LogP contribution in [0.4, 0.5) is 10.5 Å². The maximum atomic E-state index is 12.4. The van der Waals surface area contributed by atoms with Gasteiger partial charge in [-0.15, -0.1) is 0 Å². The first-order valence-corrected chi connectivity index (χ1v) is 9.64. The van der Waals surface area contributed by atoms with Gasteiger partial charge in [0.1, 0.15) is 16.3 Å². The number of nitrogens with one attached hydrogen (secondary N) is 1. The number of amides is 1. The van der Waals surface area contributed by atoms with E-state index in [-0.39, 0.29) is 23.9 Å². The molecular weight excluding hydrogens is 370 g/mol. The van der Waals surface area contributed by atoms with E-state index in [2.05, 4.69) is 10.3 Å². The second-order valence-corrected chi connectivity index (χ2v) is 7.92. The predicted octanol–water partition coefficient (Wildman–Crippen LogP) is 4.11. The fourth-order valence-corrected chi connectivity index (χ4v) is 3.05. The van der Waals surface area contributed by atoms with Crippen molar-refractivity contribution >= 4 is 29.4 Å². The molecule has 1 aromatic heterocycles. The van der Waals surface area contributed by atoms with Crippen molar-refractivity contribution in [3.05, 3.63) is 23.0 Å². The zero-order valence-corrected chi connectivity index (χ0v) is 17.1. The number of halogens is 1. The van der Waals surface area contributed by atoms with Crippen molar-refractivity contribution in [1.29, 1.82) is 0 Å². The van der Waals surface area contributed by atoms with E-state index in [9.17, 15) is 9.59 Å². The largest absolute Gasteiger partial charge is 0.462 e. The summed E-state index contributed by atoms with van der Waals surface area (Å²) in [5.41, 5.74) is 0.348. The summed E-state index contributed by atoms with van der Waals surface area (Å²) in [6.45, 7) is 8.70. The SMILES string of the molecule is CCOC(=O)c1cnc(Cl)cc1N[C@@H]1CCCCN(C(=O)OC(C)(C)C)C1. The van der Waals surface area contributed by atoms with E-state index in [1.807, 2.05) is 20.8 Å². The minimum absolute atomic E-state index is 0.0355. The molecular formula is C19H28ClN3O4. The van der Waals surface area contributed by atoms with Crippen LogP contribution in [0.2, 0.25) is 5.15 Å². The number of esters is 1. The van der Waals surface area contributed by atoms with Gasteiger partial charge in [-0.3, -0.25) is 0 Å². The molecule has 1 aliphatic rings. The molecule has 1 N–H and O–H groups in total. The molecule has 0 aromatic carbocycles. The van der Waals surface area contributed by atoms with Crippen LogP contribution in [-0.2, 0) is 9.47 Å². The molecule has 8 heteroatoms. The van der Waals surface area contributed by atoms with Gasteiger partial charge in [-0.1, -0.05) is 11.6 Å². The first-order valence-electron chi connectivity index (χ1n) is 9.26. The van der Waals surface area contributed by atoms with Gasteiger partial charge in [0.15, 0.2) is 0 Å². The Morgan fingerprint density at radius 3 is 2.78 bits per heavy atom. The summed E-state index contributed by atoms with van der Waals surface area (Å²) in [5, 5.41) is 3.62. The van der Waals surface area contributed by atoms with E-state index in [4.69, 9.17) is 21.1 Å². The molecule has 1 aromatic rings. The molecule has 1 fully saturated rings. The highest BCUT2D eigenvalue weighted by Crippen LogP contribution is 2.24. The van der Waals surface area contributed by atoms with Crippen LogP contribution < -0.4 is 5.32 Å². The number of nitrogens with zero attached hydrogens (tertiary/aromatic N) is 2. The maximum Gasteiger partial charge on any atom is 0.410 e. The number of likely N-dealkylation sites (tertiary alicyclic amines) is 1. The van der Waals surface area contributed by atoms with Crippen LogP contribution >= 0.6 is 11.6 Å². The third-order valence-corrected chi connectivity index (χ3v) is 4.26. The van der Waals surface area contributed by atoms with Crippen LogP contribution in [0.5, 0.6) is 0 Å². The zero-order chi connectivity index (χ0) is 20.0. The molecule has 1 atom stereocenters. The van der Waals surface area contributed by atoms with E-state index in [1.54, 1.807) is 17.9 Å². The van der Waals surface area contributed by atoms with Gasteiger partial charge < -0.3 is 19.7 Å². The Morgan fingerprint density at radius 1 is 1.37 bits per heavy atom. The molecule has 1 amide bonds. The number of ether oxygens (including phenoxy) is 2. The minimum atomic E-state index is -0.540. The summed E-state index contributed by atoms with van der Waals surface area (Å²) in [5.74, 6) is -0.457.